The third kappa shape index (κ3) is 6.79. The zero-order valence-corrected chi connectivity index (χ0v) is 27.7. The van der Waals surface area contributed by atoms with E-state index in [1.165, 1.54) is 37.3 Å². The summed E-state index contributed by atoms with van der Waals surface area (Å²) in [6.07, 6.45) is -3.50. The molecule has 0 radical (unpaired) electrons. The number of nitrogens with zero attached hydrogens (tertiary/aromatic N) is 3. The fraction of sp³-hybridized carbons (Fsp3) is 0.161. The van der Waals surface area contributed by atoms with Gasteiger partial charge in [-0.1, -0.05) is 53.3 Å². The van der Waals surface area contributed by atoms with E-state index in [0.29, 0.717) is 36.4 Å². The smallest absolute Gasteiger partial charge is 0.434 e. The lowest BCUT2D eigenvalue weighted by Crippen LogP contribution is -2.41. The summed E-state index contributed by atoms with van der Waals surface area (Å²) in [5.41, 5.74) is -0.964. The zero-order chi connectivity index (χ0) is 32.5. The molecule has 0 fully saturated rings. The number of fused-ring (bicyclic) bond motifs is 1. The molecule has 1 atom stereocenters. The first-order chi connectivity index (χ1) is 21.4. The predicted octanol–water partition coefficient (Wildman–Crippen LogP) is 6.97. The highest BCUT2D eigenvalue weighted by molar-refractivity contribution is 9.11. The first kappa shape index (κ1) is 32.7. The quantitative estimate of drug-likeness (QED) is 0.189. The van der Waals surface area contributed by atoms with E-state index in [-0.39, 0.29) is 28.1 Å². The van der Waals surface area contributed by atoms with Crippen LogP contribution in [0.4, 0.5) is 13.2 Å². The van der Waals surface area contributed by atoms with Crippen LogP contribution in [-0.2, 0) is 16.1 Å². The maximum Gasteiger partial charge on any atom is 0.434 e. The van der Waals surface area contributed by atoms with E-state index in [4.69, 9.17) is 21.1 Å². The van der Waals surface area contributed by atoms with Crippen molar-refractivity contribution >= 4 is 66.8 Å². The molecule has 5 rings (SSSR count). The highest BCUT2D eigenvalue weighted by Crippen LogP contribution is 2.39. The van der Waals surface area contributed by atoms with E-state index in [0.717, 1.165) is 15.9 Å². The van der Waals surface area contributed by atoms with Crippen molar-refractivity contribution in [1.29, 1.82) is 5.26 Å². The Morgan fingerprint density at radius 2 is 1.82 bits per heavy atom. The van der Waals surface area contributed by atoms with Crippen molar-refractivity contribution in [1.82, 2.24) is 4.57 Å². The molecule has 0 saturated heterocycles. The van der Waals surface area contributed by atoms with E-state index in [2.05, 4.69) is 42.9 Å². The molecule has 14 heteroatoms. The molecule has 0 amide bonds. The van der Waals surface area contributed by atoms with Crippen LogP contribution in [0.1, 0.15) is 35.2 Å². The second-order valence-corrected chi connectivity index (χ2v) is 12.6. The minimum absolute atomic E-state index is 0.0785. The van der Waals surface area contributed by atoms with Gasteiger partial charge in [0.25, 0.3) is 5.56 Å². The Hall–Kier alpha value is -3.70. The highest BCUT2D eigenvalue weighted by Gasteiger charge is 2.45. The summed E-state index contributed by atoms with van der Waals surface area (Å²) >= 11 is 13.7. The van der Waals surface area contributed by atoms with Crippen molar-refractivity contribution in [2.24, 2.45) is 4.99 Å². The Kier molecular flexibility index (Phi) is 9.69. The van der Waals surface area contributed by atoms with Crippen LogP contribution in [0.25, 0.3) is 6.08 Å². The van der Waals surface area contributed by atoms with E-state index >= 15 is 0 Å². The summed E-state index contributed by atoms with van der Waals surface area (Å²) in [4.78, 5) is 30.3. The minimum atomic E-state index is -5.01. The van der Waals surface area contributed by atoms with Gasteiger partial charge >= 0.3 is 12.1 Å². The zero-order valence-electron chi connectivity index (χ0n) is 23.0. The van der Waals surface area contributed by atoms with E-state index in [1.54, 1.807) is 36.4 Å². The molecular formula is C31H19Br2ClF3N3O4S. The lowest BCUT2D eigenvalue weighted by Gasteiger charge is -2.26. The summed E-state index contributed by atoms with van der Waals surface area (Å²) in [6.45, 7) is 1.41. The van der Waals surface area contributed by atoms with Crippen LogP contribution in [0.2, 0.25) is 5.02 Å². The predicted molar refractivity (Wildman–Crippen MR) is 170 cm³/mol. The lowest BCUT2D eigenvalue weighted by atomic mass is 9.95. The molecule has 1 aromatic heterocycles. The normalized spacial score (nSPS) is 14.9. The molecule has 0 spiro atoms. The van der Waals surface area contributed by atoms with Gasteiger partial charge in [0, 0.05) is 10.6 Å². The van der Waals surface area contributed by atoms with Crippen molar-refractivity contribution < 1.29 is 27.4 Å². The number of thiazole rings is 1. The Balaban J connectivity index is 1.62. The van der Waals surface area contributed by atoms with Gasteiger partial charge in [0.15, 0.2) is 10.5 Å². The van der Waals surface area contributed by atoms with Crippen molar-refractivity contribution in [2.45, 2.75) is 25.7 Å². The number of esters is 1. The first-order valence-corrected chi connectivity index (χ1v) is 15.9. The minimum Gasteiger partial charge on any atom is -0.486 e. The number of rotatable bonds is 7. The molecule has 0 bridgehead atoms. The van der Waals surface area contributed by atoms with Gasteiger partial charge < -0.3 is 9.47 Å². The van der Waals surface area contributed by atoms with Gasteiger partial charge in [-0.25, -0.2) is 9.79 Å². The molecule has 45 heavy (non-hydrogen) atoms. The van der Waals surface area contributed by atoms with Crippen molar-refractivity contribution in [3.05, 3.63) is 128 Å². The molecule has 2 heterocycles. The SMILES string of the molecule is CCOC(=O)C1=C(C(F)(F)F)N=c2s/c(=C\c3cc(Br)c(OCc4ccccc4C#N)c(Br)c3)c(=O)n2[C@H]1c1ccc(Cl)cc1. The lowest BCUT2D eigenvalue weighted by molar-refractivity contribution is -0.140. The molecule has 3 aromatic carbocycles. The average molecular weight is 782 g/mol. The molecule has 0 unspecified atom stereocenters. The Labute approximate surface area is 279 Å². The summed E-state index contributed by atoms with van der Waals surface area (Å²) in [7, 11) is 0. The summed E-state index contributed by atoms with van der Waals surface area (Å²) < 4.78 is 56.1. The average Bonchev–Trinajstić information content (AvgIpc) is 3.30. The van der Waals surface area contributed by atoms with Crippen LogP contribution in [0, 0.1) is 11.3 Å². The second kappa shape index (κ2) is 13.3. The number of hydrogen-bond acceptors (Lipinski definition) is 7. The monoisotopic (exact) mass is 779 g/mol. The molecule has 0 N–H and O–H groups in total. The van der Waals surface area contributed by atoms with Crippen LogP contribution in [-0.4, -0.2) is 23.3 Å². The summed E-state index contributed by atoms with van der Waals surface area (Å²) in [5, 5.41) is 9.67. The number of hydrogen-bond donors (Lipinski definition) is 0. The van der Waals surface area contributed by atoms with Crippen LogP contribution < -0.4 is 19.6 Å². The van der Waals surface area contributed by atoms with Crippen LogP contribution in [0.3, 0.4) is 0 Å². The number of alkyl halides is 3. The van der Waals surface area contributed by atoms with Gasteiger partial charge in [-0.05, 0) is 86.3 Å². The van der Waals surface area contributed by atoms with Crippen molar-refractivity contribution in [3.8, 4) is 11.8 Å². The Bertz CT molecular complexity index is 2050. The molecule has 4 aromatic rings. The number of halogens is 6. The Morgan fingerprint density at radius 3 is 2.44 bits per heavy atom. The summed E-state index contributed by atoms with van der Waals surface area (Å²) in [5.74, 6) is -0.790. The molecule has 1 aliphatic rings. The molecule has 0 saturated carbocycles. The third-order valence-electron chi connectivity index (χ3n) is 6.61. The second-order valence-electron chi connectivity index (χ2n) is 9.49. The number of nitriles is 1. The molecular weight excluding hydrogens is 763 g/mol. The number of aromatic nitrogens is 1. The number of benzene rings is 3. The van der Waals surface area contributed by atoms with Gasteiger partial charge in [0.1, 0.15) is 12.4 Å². The van der Waals surface area contributed by atoms with Crippen LogP contribution in [0.5, 0.6) is 5.75 Å². The molecule has 0 aliphatic carbocycles. The summed E-state index contributed by atoms with van der Waals surface area (Å²) in [6, 6.07) is 16.8. The molecule has 1 aliphatic heterocycles. The van der Waals surface area contributed by atoms with Crippen LogP contribution >= 0.6 is 54.8 Å². The number of allylic oxidation sites excluding steroid dienone is 1. The van der Waals surface area contributed by atoms with Gasteiger partial charge in [0.05, 0.1) is 43.3 Å². The van der Waals surface area contributed by atoms with Crippen molar-refractivity contribution in [2.75, 3.05) is 6.61 Å². The first-order valence-electron chi connectivity index (χ1n) is 13.1. The van der Waals surface area contributed by atoms with Crippen LogP contribution in [0.15, 0.2) is 90.7 Å². The third-order valence-corrected chi connectivity index (χ3v) is 9.02. The maximum absolute atomic E-state index is 14.3. The number of carbonyl (C=O) groups is 1. The van der Waals surface area contributed by atoms with E-state index in [1.807, 2.05) is 0 Å². The van der Waals surface area contributed by atoms with E-state index < -0.39 is 35.0 Å². The fourth-order valence-electron chi connectivity index (χ4n) is 4.66. The van der Waals surface area contributed by atoms with Gasteiger partial charge in [-0.3, -0.25) is 9.36 Å². The molecule has 7 nitrogen and oxygen atoms in total. The molecule has 230 valence electrons. The maximum atomic E-state index is 14.3. The van der Waals surface area contributed by atoms with E-state index in [9.17, 15) is 28.0 Å². The number of carbonyl (C=O) groups excluding carboxylic acids is 1. The Morgan fingerprint density at radius 1 is 1.16 bits per heavy atom. The van der Waals surface area contributed by atoms with Gasteiger partial charge in [0.2, 0.25) is 0 Å². The van der Waals surface area contributed by atoms with Gasteiger partial charge in [-0.15, -0.1) is 0 Å². The highest BCUT2D eigenvalue weighted by atomic mass is 79.9. The fourth-order valence-corrected chi connectivity index (χ4v) is 7.24. The van der Waals surface area contributed by atoms with Gasteiger partial charge in [-0.2, -0.15) is 18.4 Å². The topological polar surface area (TPSA) is 93.7 Å². The number of ether oxygens (including phenoxy) is 2. The largest absolute Gasteiger partial charge is 0.486 e. The van der Waals surface area contributed by atoms with Crippen molar-refractivity contribution in [3.63, 3.8) is 0 Å². The standard InChI is InChI=1S/C31H19Br2ClF3N3O4S/c1-2-43-29(42)24-25(17-7-9-20(34)10-8-17)40-28(41)23(45-30(40)39-27(24)31(35,36)37)13-16-11-21(32)26(22(33)12-16)44-15-19-6-4-3-5-18(19)14-38/h3-13,25H,2,15H2,1H3/b23-13-/t25-/m0/s1.